The Bertz CT molecular complexity index is 607. The van der Waals surface area contributed by atoms with E-state index in [1.807, 2.05) is 0 Å². The molecule has 4 nitrogen and oxygen atoms in total. The Hall–Kier alpha value is -2.17. The quantitative estimate of drug-likeness (QED) is 0.823. The monoisotopic (exact) mass is 233 g/mol. The largest absolute Gasteiger partial charge is 0.369 e. The summed E-state index contributed by atoms with van der Waals surface area (Å²) in [5, 5.41) is 0. The molecule has 88 valence electrons. The van der Waals surface area contributed by atoms with Crippen LogP contribution in [0.1, 0.15) is 16.8 Å². The molecule has 0 radical (unpaired) electrons. The third-order valence-corrected chi connectivity index (χ3v) is 2.57. The van der Waals surface area contributed by atoms with Crippen LogP contribution in [0, 0.1) is 12.7 Å². The Morgan fingerprint density at radius 2 is 2.12 bits per heavy atom. The summed E-state index contributed by atoms with van der Waals surface area (Å²) in [4.78, 5) is 18.0. The molecule has 17 heavy (non-hydrogen) atoms. The van der Waals surface area contributed by atoms with Crippen LogP contribution in [0.15, 0.2) is 29.1 Å². The Labute approximate surface area is 97.3 Å². The van der Waals surface area contributed by atoms with Gasteiger partial charge in [0.25, 0.3) is 5.56 Å². The summed E-state index contributed by atoms with van der Waals surface area (Å²) in [6.07, 6.45) is 0.209. The van der Waals surface area contributed by atoms with Gasteiger partial charge in [0.2, 0.25) is 5.95 Å². The smallest absolute Gasteiger partial charge is 0.256 e. The number of H-pyrrole nitrogens is 1. The summed E-state index contributed by atoms with van der Waals surface area (Å²) < 4.78 is 13.5. The van der Waals surface area contributed by atoms with E-state index in [0.717, 1.165) is 0 Å². The van der Waals surface area contributed by atoms with Gasteiger partial charge < -0.3 is 5.73 Å². The molecule has 0 aliphatic heterocycles. The minimum Gasteiger partial charge on any atom is -0.369 e. The molecular formula is C12H12FN3O. The van der Waals surface area contributed by atoms with Crippen molar-refractivity contribution in [2.24, 2.45) is 0 Å². The summed E-state index contributed by atoms with van der Waals surface area (Å²) in [6.45, 7) is 1.68. The molecule has 1 aromatic heterocycles. The van der Waals surface area contributed by atoms with Gasteiger partial charge in [-0.3, -0.25) is 9.78 Å². The van der Waals surface area contributed by atoms with Gasteiger partial charge in [-0.1, -0.05) is 18.2 Å². The highest BCUT2D eigenvalue weighted by atomic mass is 19.1. The summed E-state index contributed by atoms with van der Waals surface area (Å²) in [5.41, 5.74) is 6.51. The summed E-state index contributed by atoms with van der Waals surface area (Å²) >= 11 is 0. The van der Waals surface area contributed by atoms with Crippen LogP contribution < -0.4 is 11.3 Å². The zero-order valence-corrected chi connectivity index (χ0v) is 9.33. The van der Waals surface area contributed by atoms with Gasteiger partial charge in [-0.25, -0.2) is 9.37 Å². The van der Waals surface area contributed by atoms with Crippen LogP contribution >= 0.6 is 0 Å². The van der Waals surface area contributed by atoms with Crippen molar-refractivity contribution in [2.45, 2.75) is 13.3 Å². The van der Waals surface area contributed by atoms with Crippen LogP contribution in [0.3, 0.4) is 0 Å². The van der Waals surface area contributed by atoms with Crippen molar-refractivity contribution >= 4 is 5.95 Å². The van der Waals surface area contributed by atoms with Gasteiger partial charge in [-0.05, 0) is 18.6 Å². The number of halogens is 1. The maximum Gasteiger partial charge on any atom is 0.256 e. The fourth-order valence-electron chi connectivity index (χ4n) is 1.67. The maximum atomic E-state index is 13.5. The molecule has 0 aliphatic rings. The molecule has 3 N–H and O–H groups in total. The third kappa shape index (κ3) is 2.33. The number of nitrogens with zero attached hydrogens (tertiary/aromatic N) is 1. The Morgan fingerprint density at radius 3 is 2.76 bits per heavy atom. The van der Waals surface area contributed by atoms with Crippen LogP contribution in [0.4, 0.5) is 10.3 Å². The predicted octanol–water partition coefficient (Wildman–Crippen LogP) is 1.39. The number of aromatic nitrogens is 2. The average Bonchev–Trinajstić information content (AvgIpc) is 2.25. The van der Waals surface area contributed by atoms with Gasteiger partial charge in [0.15, 0.2) is 0 Å². The SMILES string of the molecule is Cc1nc(N)[nH]c(=O)c1Cc1ccccc1F. The van der Waals surface area contributed by atoms with Crippen LogP contribution in [0.2, 0.25) is 0 Å². The standard InChI is InChI=1S/C12H12FN3O/c1-7-9(11(17)16-12(14)15-7)6-8-4-2-3-5-10(8)13/h2-5H,6H2,1H3,(H3,14,15,16,17). The van der Waals surface area contributed by atoms with Crippen LogP contribution in [-0.4, -0.2) is 9.97 Å². The fraction of sp³-hybridized carbons (Fsp3) is 0.167. The molecule has 0 fully saturated rings. The molecule has 0 saturated heterocycles. The summed E-state index contributed by atoms with van der Waals surface area (Å²) in [6, 6.07) is 6.35. The maximum absolute atomic E-state index is 13.5. The number of hydrogen-bond donors (Lipinski definition) is 2. The average molecular weight is 233 g/mol. The Morgan fingerprint density at radius 1 is 1.41 bits per heavy atom. The first-order valence-corrected chi connectivity index (χ1v) is 5.16. The second-order valence-corrected chi connectivity index (χ2v) is 3.78. The zero-order chi connectivity index (χ0) is 12.4. The van der Waals surface area contributed by atoms with Crippen molar-refractivity contribution in [1.82, 2.24) is 9.97 Å². The molecule has 0 unspecified atom stereocenters. The number of hydrogen-bond acceptors (Lipinski definition) is 3. The number of benzene rings is 1. The van der Waals surface area contributed by atoms with E-state index in [4.69, 9.17) is 5.73 Å². The lowest BCUT2D eigenvalue weighted by molar-refractivity contribution is 0.613. The molecule has 2 rings (SSSR count). The van der Waals surface area contributed by atoms with Gasteiger partial charge in [-0.15, -0.1) is 0 Å². The highest BCUT2D eigenvalue weighted by Crippen LogP contribution is 2.12. The van der Waals surface area contributed by atoms with E-state index in [9.17, 15) is 9.18 Å². The molecule has 0 aliphatic carbocycles. The van der Waals surface area contributed by atoms with Crippen molar-refractivity contribution in [2.75, 3.05) is 5.73 Å². The lowest BCUT2D eigenvalue weighted by Crippen LogP contribution is -2.19. The minimum absolute atomic E-state index is 0.0739. The Kier molecular flexibility index (Phi) is 2.91. The van der Waals surface area contributed by atoms with Gasteiger partial charge in [0.1, 0.15) is 5.82 Å². The highest BCUT2D eigenvalue weighted by Gasteiger charge is 2.10. The van der Waals surface area contributed by atoms with Gasteiger partial charge in [0, 0.05) is 12.0 Å². The number of nitrogen functional groups attached to an aromatic ring is 1. The molecule has 5 heteroatoms. The summed E-state index contributed by atoms with van der Waals surface area (Å²) in [7, 11) is 0. The highest BCUT2D eigenvalue weighted by molar-refractivity contribution is 5.30. The second kappa shape index (κ2) is 4.37. The van der Waals surface area contributed by atoms with E-state index < -0.39 is 0 Å². The lowest BCUT2D eigenvalue weighted by atomic mass is 10.0. The molecule has 1 heterocycles. The van der Waals surface area contributed by atoms with E-state index >= 15 is 0 Å². The van der Waals surface area contributed by atoms with Crippen molar-refractivity contribution in [3.8, 4) is 0 Å². The molecule has 0 amide bonds. The number of aryl methyl sites for hydroxylation is 1. The third-order valence-electron chi connectivity index (χ3n) is 2.57. The van der Waals surface area contributed by atoms with Gasteiger partial charge in [0.05, 0.1) is 5.69 Å². The minimum atomic E-state index is -0.330. The van der Waals surface area contributed by atoms with Crippen molar-refractivity contribution in [1.29, 1.82) is 0 Å². The van der Waals surface area contributed by atoms with E-state index in [1.54, 1.807) is 25.1 Å². The summed E-state index contributed by atoms with van der Waals surface area (Å²) in [5.74, 6) is -0.257. The number of anilines is 1. The van der Waals surface area contributed by atoms with Crippen molar-refractivity contribution in [3.05, 3.63) is 57.3 Å². The second-order valence-electron chi connectivity index (χ2n) is 3.78. The molecule has 1 aromatic carbocycles. The van der Waals surface area contributed by atoms with Crippen LogP contribution in [0.5, 0.6) is 0 Å². The van der Waals surface area contributed by atoms with E-state index in [2.05, 4.69) is 9.97 Å². The van der Waals surface area contributed by atoms with E-state index in [1.165, 1.54) is 6.07 Å². The number of nitrogens with one attached hydrogen (secondary N) is 1. The predicted molar refractivity (Wildman–Crippen MR) is 63.2 cm³/mol. The molecule has 0 bridgehead atoms. The normalized spacial score (nSPS) is 10.5. The van der Waals surface area contributed by atoms with Crippen LogP contribution in [0.25, 0.3) is 0 Å². The first-order chi connectivity index (χ1) is 8.08. The van der Waals surface area contributed by atoms with Crippen molar-refractivity contribution in [3.63, 3.8) is 0 Å². The fourth-order valence-corrected chi connectivity index (χ4v) is 1.67. The molecule has 0 saturated carbocycles. The molecule has 0 spiro atoms. The Balaban J connectivity index is 2.44. The number of aromatic amines is 1. The van der Waals surface area contributed by atoms with Gasteiger partial charge >= 0.3 is 0 Å². The molecule has 0 atom stereocenters. The van der Waals surface area contributed by atoms with Gasteiger partial charge in [-0.2, -0.15) is 0 Å². The molecular weight excluding hydrogens is 221 g/mol. The van der Waals surface area contributed by atoms with Crippen molar-refractivity contribution < 1.29 is 4.39 Å². The zero-order valence-electron chi connectivity index (χ0n) is 9.33. The molecule has 2 aromatic rings. The van der Waals surface area contributed by atoms with E-state index in [-0.39, 0.29) is 23.7 Å². The number of nitrogens with two attached hydrogens (primary N) is 1. The topological polar surface area (TPSA) is 71.8 Å². The number of rotatable bonds is 2. The van der Waals surface area contributed by atoms with Crippen LogP contribution in [-0.2, 0) is 6.42 Å². The first-order valence-electron chi connectivity index (χ1n) is 5.16. The first kappa shape index (κ1) is 11.3. The van der Waals surface area contributed by atoms with E-state index in [0.29, 0.717) is 16.8 Å². The lowest BCUT2D eigenvalue weighted by Gasteiger charge is -2.05.